The van der Waals surface area contributed by atoms with Crippen molar-refractivity contribution in [1.82, 2.24) is 5.32 Å². The predicted octanol–water partition coefficient (Wildman–Crippen LogP) is 3.62. The van der Waals surface area contributed by atoms with Crippen molar-refractivity contribution >= 4 is 33.3 Å². The van der Waals surface area contributed by atoms with Gasteiger partial charge in [0.1, 0.15) is 6.17 Å². The first-order valence-electron chi connectivity index (χ1n) is 10.4. The number of nitrogens with one attached hydrogen (secondary N) is 2. The molecule has 11 heteroatoms. The third-order valence-corrected chi connectivity index (χ3v) is 6.91. The Hall–Kier alpha value is -1.95. The third-order valence-electron chi connectivity index (χ3n) is 5.70. The Labute approximate surface area is 186 Å². The van der Waals surface area contributed by atoms with Crippen molar-refractivity contribution in [1.29, 1.82) is 0 Å². The maximum absolute atomic E-state index is 14.1. The summed E-state index contributed by atoms with van der Waals surface area (Å²) in [6.45, 7) is 1.10. The monoisotopic (exact) mass is 475 g/mol. The Morgan fingerprint density at radius 1 is 1.38 bits per heavy atom. The Bertz CT molecular complexity index is 960. The van der Waals surface area contributed by atoms with Gasteiger partial charge >= 0.3 is 6.18 Å². The molecule has 32 heavy (non-hydrogen) atoms. The highest BCUT2D eigenvalue weighted by Crippen LogP contribution is 2.39. The second kappa shape index (κ2) is 9.50. The number of aliphatic hydroxyl groups is 1. The van der Waals surface area contributed by atoms with E-state index in [0.29, 0.717) is 46.6 Å². The van der Waals surface area contributed by atoms with Crippen LogP contribution in [0.15, 0.2) is 23.4 Å². The van der Waals surface area contributed by atoms with Gasteiger partial charge in [0.25, 0.3) is 0 Å². The summed E-state index contributed by atoms with van der Waals surface area (Å²) >= 11 is 1.14. The van der Waals surface area contributed by atoms with E-state index in [0.717, 1.165) is 11.3 Å². The van der Waals surface area contributed by atoms with Crippen molar-refractivity contribution < 1.29 is 32.2 Å². The second-order valence-electron chi connectivity index (χ2n) is 8.17. The summed E-state index contributed by atoms with van der Waals surface area (Å²) < 4.78 is 60.0. The van der Waals surface area contributed by atoms with Crippen molar-refractivity contribution in [3.05, 3.63) is 28.6 Å². The summed E-state index contributed by atoms with van der Waals surface area (Å²) in [4.78, 5) is 5.81. The summed E-state index contributed by atoms with van der Waals surface area (Å²) in [6, 6.07) is 4.56. The van der Waals surface area contributed by atoms with Crippen molar-refractivity contribution in [2.75, 3.05) is 38.2 Å². The van der Waals surface area contributed by atoms with Gasteiger partial charge < -0.3 is 25.3 Å². The lowest BCUT2D eigenvalue weighted by atomic mass is 9.98. The third kappa shape index (κ3) is 5.16. The molecular weight excluding hydrogens is 450 g/mol. The fourth-order valence-corrected chi connectivity index (χ4v) is 5.18. The number of oxime groups is 1. The molecule has 1 unspecified atom stereocenters. The molecule has 176 valence electrons. The molecule has 3 N–H and O–H groups in total. The maximum atomic E-state index is 14.1. The molecular formula is C21H25F4N3O3S. The highest BCUT2D eigenvalue weighted by molar-refractivity contribution is 7.21. The van der Waals surface area contributed by atoms with Gasteiger partial charge in [-0.15, -0.1) is 11.3 Å². The van der Waals surface area contributed by atoms with Crippen LogP contribution in [0.1, 0.15) is 23.3 Å². The van der Waals surface area contributed by atoms with Gasteiger partial charge in [0.2, 0.25) is 0 Å². The van der Waals surface area contributed by atoms with Gasteiger partial charge in [-0.3, -0.25) is 0 Å². The van der Waals surface area contributed by atoms with Gasteiger partial charge in [-0.05, 0) is 29.9 Å². The smallest absolute Gasteiger partial charge is 0.392 e. The molecule has 1 aromatic carbocycles. The van der Waals surface area contributed by atoms with E-state index in [2.05, 4.69) is 15.8 Å². The fraction of sp³-hybridized carbons (Fsp3) is 0.571. The number of hydrogen-bond donors (Lipinski definition) is 3. The Morgan fingerprint density at radius 3 is 2.88 bits per heavy atom. The van der Waals surface area contributed by atoms with Gasteiger partial charge in [0.05, 0.1) is 47.2 Å². The zero-order valence-corrected chi connectivity index (χ0v) is 18.1. The Kier molecular flexibility index (Phi) is 6.89. The molecule has 4 rings (SSSR count). The lowest BCUT2D eigenvalue weighted by Crippen LogP contribution is -2.43. The van der Waals surface area contributed by atoms with Crippen LogP contribution in [0.5, 0.6) is 0 Å². The number of halogens is 4. The lowest BCUT2D eigenvalue weighted by molar-refractivity contribution is -0.149. The van der Waals surface area contributed by atoms with Gasteiger partial charge in [0.15, 0.2) is 5.60 Å². The molecule has 0 spiro atoms. The first kappa shape index (κ1) is 23.2. The van der Waals surface area contributed by atoms with E-state index >= 15 is 0 Å². The number of benzene rings is 1. The summed E-state index contributed by atoms with van der Waals surface area (Å²) in [5.74, 6) is 0. The first-order valence-corrected chi connectivity index (χ1v) is 11.2. The summed E-state index contributed by atoms with van der Waals surface area (Å²) in [5, 5.41) is 20.1. The summed E-state index contributed by atoms with van der Waals surface area (Å²) in [7, 11) is 0. The molecule has 0 radical (unpaired) electrons. The number of nitrogens with zero attached hydrogens (tertiary/aromatic N) is 1. The number of rotatable bonds is 7. The van der Waals surface area contributed by atoms with Crippen LogP contribution < -0.4 is 10.6 Å². The molecule has 2 aliphatic rings. The first-order chi connectivity index (χ1) is 15.3. The van der Waals surface area contributed by atoms with Crippen LogP contribution in [0.4, 0.5) is 23.2 Å². The van der Waals surface area contributed by atoms with E-state index in [1.165, 1.54) is 6.21 Å². The molecule has 1 aromatic heterocycles. The van der Waals surface area contributed by atoms with Crippen LogP contribution in [0.3, 0.4) is 0 Å². The largest absolute Gasteiger partial charge is 0.393 e. The number of hydrogen-bond acceptors (Lipinski definition) is 7. The van der Waals surface area contributed by atoms with E-state index in [1.54, 1.807) is 18.2 Å². The second-order valence-corrected chi connectivity index (χ2v) is 9.22. The zero-order valence-electron chi connectivity index (χ0n) is 17.3. The number of ether oxygens (including phenoxy) is 1. The maximum Gasteiger partial charge on any atom is 0.393 e. The predicted molar refractivity (Wildman–Crippen MR) is 115 cm³/mol. The molecule has 2 aliphatic heterocycles. The van der Waals surface area contributed by atoms with Crippen molar-refractivity contribution in [2.24, 2.45) is 5.16 Å². The molecule has 0 amide bonds. The van der Waals surface area contributed by atoms with Crippen LogP contribution in [-0.2, 0) is 16.0 Å². The van der Waals surface area contributed by atoms with Crippen LogP contribution in [-0.4, -0.2) is 68.2 Å². The normalized spacial score (nSPS) is 26.8. The minimum absolute atomic E-state index is 0.0905. The average molecular weight is 476 g/mol. The van der Waals surface area contributed by atoms with E-state index in [1.807, 2.05) is 0 Å². The molecule has 3 heterocycles. The molecule has 0 aliphatic carbocycles. The van der Waals surface area contributed by atoms with Gasteiger partial charge in [-0.2, -0.15) is 13.2 Å². The van der Waals surface area contributed by atoms with E-state index in [9.17, 15) is 22.7 Å². The molecule has 2 fully saturated rings. The fourth-order valence-electron chi connectivity index (χ4n) is 4.02. The van der Waals surface area contributed by atoms with Crippen molar-refractivity contribution in [2.45, 2.75) is 43.3 Å². The van der Waals surface area contributed by atoms with Gasteiger partial charge in [0, 0.05) is 19.7 Å². The minimum atomic E-state index is -4.41. The average Bonchev–Trinajstić information content (AvgIpc) is 3.32. The molecule has 2 saturated heterocycles. The Balaban J connectivity index is 1.65. The molecule has 2 aromatic rings. The van der Waals surface area contributed by atoms with Crippen LogP contribution in [0.25, 0.3) is 10.1 Å². The number of anilines is 1. The summed E-state index contributed by atoms with van der Waals surface area (Å²) in [5.41, 5.74) is -0.318. The number of thiophene rings is 1. The molecule has 0 bridgehead atoms. The van der Waals surface area contributed by atoms with Gasteiger partial charge in [-0.25, -0.2) is 4.39 Å². The number of fused-ring (bicyclic) bond motifs is 1. The van der Waals surface area contributed by atoms with E-state index < -0.39 is 30.4 Å². The van der Waals surface area contributed by atoms with Crippen molar-refractivity contribution in [3.8, 4) is 0 Å². The molecule has 3 atom stereocenters. The highest BCUT2D eigenvalue weighted by atomic mass is 32.1. The SMILES string of the molecule is OCC1(O/N=C/c2sc3c(N[C@@H]4CNC[C@@H]4F)cccc3c2CC(F)(F)F)CCCOC1. The highest BCUT2D eigenvalue weighted by Gasteiger charge is 2.35. The Morgan fingerprint density at radius 2 is 2.22 bits per heavy atom. The van der Waals surface area contributed by atoms with E-state index in [-0.39, 0.29) is 25.3 Å². The summed E-state index contributed by atoms with van der Waals surface area (Å²) in [6.07, 6.45) is -4.12. The van der Waals surface area contributed by atoms with Crippen molar-refractivity contribution in [3.63, 3.8) is 0 Å². The lowest BCUT2D eigenvalue weighted by Gasteiger charge is -2.32. The van der Waals surface area contributed by atoms with Gasteiger partial charge in [-0.1, -0.05) is 17.3 Å². The number of aliphatic hydroxyl groups excluding tert-OH is 1. The quantitative estimate of drug-likeness (QED) is 0.324. The van der Waals surface area contributed by atoms with E-state index in [4.69, 9.17) is 9.57 Å². The zero-order chi connectivity index (χ0) is 22.8. The standard InChI is InChI=1S/C21H25F4N3O3S/c22-15-8-26-9-17(15)28-16-4-1-3-13-14(7-21(23,24)25)18(32-19(13)16)10-27-31-20(11-29)5-2-6-30-12-20/h1,3-4,10,15,17,26,28-29H,2,5-9,11-12H2/b27-10+/t15-,17+,20?/m0/s1. The van der Waals surface area contributed by atoms with Crippen LogP contribution in [0.2, 0.25) is 0 Å². The van der Waals surface area contributed by atoms with Crippen LogP contribution in [0, 0.1) is 0 Å². The minimum Gasteiger partial charge on any atom is -0.392 e. The number of alkyl halides is 4. The molecule has 6 nitrogen and oxygen atoms in total. The molecule has 0 saturated carbocycles. The van der Waals surface area contributed by atoms with Crippen LogP contribution >= 0.6 is 11.3 Å². The topological polar surface area (TPSA) is 75.1 Å².